The van der Waals surface area contributed by atoms with Gasteiger partial charge in [-0.2, -0.15) is 4.98 Å². The quantitative estimate of drug-likeness (QED) is 0.377. The predicted octanol–water partition coefficient (Wildman–Crippen LogP) is -2.77. The Morgan fingerprint density at radius 3 is 2.69 bits per heavy atom. The number of anilines is 1. The zero-order valence-corrected chi connectivity index (χ0v) is 13.8. The lowest BCUT2D eigenvalue weighted by atomic mass is 9.84. The number of carbonyl (C=O) groups is 2. The molecule has 1 aliphatic heterocycles. The number of hydrogen-bond acceptors (Lipinski definition) is 10. The van der Waals surface area contributed by atoms with E-state index >= 15 is 0 Å². The lowest BCUT2D eigenvalue weighted by molar-refractivity contribution is -0.162. The summed E-state index contributed by atoms with van der Waals surface area (Å²) in [5, 5.41) is 31.3. The van der Waals surface area contributed by atoms with E-state index in [9.17, 15) is 29.7 Å². The number of ether oxygens (including phenoxy) is 1. The number of Topliss-reactive ketones (excluding diaryl/α,β-unsaturated/α-hetero) is 2. The number of H-pyrrole nitrogens is 1. The Kier molecular flexibility index (Phi) is 4.15. The van der Waals surface area contributed by atoms with Crippen molar-refractivity contribution in [1.29, 1.82) is 0 Å². The molecule has 140 valence electrons. The highest BCUT2D eigenvalue weighted by Gasteiger charge is 2.62. The van der Waals surface area contributed by atoms with Crippen LogP contribution < -0.4 is 11.3 Å². The van der Waals surface area contributed by atoms with Crippen LogP contribution in [0.3, 0.4) is 0 Å². The van der Waals surface area contributed by atoms with E-state index in [1.165, 1.54) is 0 Å². The van der Waals surface area contributed by atoms with E-state index in [0.29, 0.717) is 0 Å². The maximum atomic E-state index is 12.0. The van der Waals surface area contributed by atoms with E-state index in [4.69, 9.17) is 10.5 Å². The molecule has 6 N–H and O–H groups in total. The number of hydrogen-bond donors (Lipinski definition) is 5. The number of imidazole rings is 1. The molecule has 3 heterocycles. The van der Waals surface area contributed by atoms with Crippen molar-refractivity contribution in [2.45, 2.75) is 44.0 Å². The fraction of sp³-hybridized carbons (Fsp3) is 0.500. The van der Waals surface area contributed by atoms with E-state index in [1.54, 1.807) is 0 Å². The largest absolute Gasteiger partial charge is 0.385 e. The van der Waals surface area contributed by atoms with Gasteiger partial charge in [-0.05, 0) is 13.8 Å². The second kappa shape index (κ2) is 5.95. The fourth-order valence-electron chi connectivity index (χ4n) is 3.00. The van der Waals surface area contributed by atoms with E-state index in [-0.39, 0.29) is 17.1 Å². The molecule has 2 aromatic rings. The molecule has 12 heteroatoms. The lowest BCUT2D eigenvalue weighted by Crippen LogP contribution is -2.58. The standard InChI is InChI=1S/C14H17N5O7/c1-4(20)7(22)9-14(25,5(2)21)8(23)12(26-9)19-3-16-6-10(19)17-13(15)18-11(6)24/h3,7-9,12,22-23,25H,1-2H3,(H3,15,17,18,24)/t7-,8-,9+,12+,14-/m1/s1. The van der Waals surface area contributed by atoms with Crippen molar-refractivity contribution in [3.63, 3.8) is 0 Å². The van der Waals surface area contributed by atoms with Gasteiger partial charge in [0.15, 0.2) is 34.6 Å². The minimum atomic E-state index is -2.56. The van der Waals surface area contributed by atoms with E-state index in [1.807, 2.05) is 0 Å². The summed E-state index contributed by atoms with van der Waals surface area (Å²) in [6.45, 7) is 2.03. The third kappa shape index (κ3) is 2.42. The van der Waals surface area contributed by atoms with Crippen molar-refractivity contribution in [2.24, 2.45) is 0 Å². The van der Waals surface area contributed by atoms with Gasteiger partial charge in [-0.15, -0.1) is 0 Å². The minimum Gasteiger partial charge on any atom is -0.385 e. The molecule has 2 aromatic heterocycles. The number of nitrogen functional groups attached to an aromatic ring is 1. The highest BCUT2D eigenvalue weighted by molar-refractivity contribution is 5.89. The summed E-state index contributed by atoms with van der Waals surface area (Å²) in [7, 11) is 0. The molecule has 0 aromatic carbocycles. The van der Waals surface area contributed by atoms with Crippen molar-refractivity contribution in [3.05, 3.63) is 16.7 Å². The molecule has 26 heavy (non-hydrogen) atoms. The first kappa shape index (κ1) is 18.1. The normalized spacial score (nSPS) is 29.8. The highest BCUT2D eigenvalue weighted by atomic mass is 16.6. The molecule has 3 rings (SSSR count). The Labute approximate surface area is 145 Å². The Hall–Kier alpha value is -2.67. The number of fused-ring (bicyclic) bond motifs is 1. The number of ketones is 2. The van der Waals surface area contributed by atoms with Gasteiger partial charge in [-0.25, -0.2) is 4.98 Å². The minimum absolute atomic E-state index is 0.0702. The summed E-state index contributed by atoms with van der Waals surface area (Å²) in [4.78, 5) is 45.4. The molecule has 0 saturated carbocycles. The Balaban J connectivity index is 2.14. The molecular weight excluding hydrogens is 350 g/mol. The third-order valence-electron chi connectivity index (χ3n) is 4.43. The molecule has 0 amide bonds. The number of nitrogens with two attached hydrogens (primary N) is 1. The average Bonchev–Trinajstić information content (AvgIpc) is 3.08. The van der Waals surface area contributed by atoms with Crippen LogP contribution in [0, 0.1) is 0 Å². The maximum Gasteiger partial charge on any atom is 0.280 e. The maximum absolute atomic E-state index is 12.0. The van der Waals surface area contributed by atoms with Gasteiger partial charge >= 0.3 is 0 Å². The summed E-state index contributed by atoms with van der Waals surface area (Å²) < 4.78 is 6.53. The van der Waals surface area contributed by atoms with E-state index < -0.39 is 47.3 Å². The van der Waals surface area contributed by atoms with Gasteiger partial charge in [-0.1, -0.05) is 0 Å². The van der Waals surface area contributed by atoms with Crippen molar-refractivity contribution in [3.8, 4) is 0 Å². The Morgan fingerprint density at radius 2 is 2.12 bits per heavy atom. The van der Waals surface area contributed by atoms with Crippen LogP contribution in [-0.4, -0.2) is 70.3 Å². The molecule has 1 fully saturated rings. The second-order valence-corrected chi connectivity index (χ2v) is 6.10. The van der Waals surface area contributed by atoms with Crippen molar-refractivity contribution in [1.82, 2.24) is 19.5 Å². The number of nitrogens with one attached hydrogen (secondary N) is 1. The first-order chi connectivity index (χ1) is 12.1. The Morgan fingerprint density at radius 1 is 1.46 bits per heavy atom. The number of nitrogens with zero attached hydrogens (tertiary/aromatic N) is 3. The highest BCUT2D eigenvalue weighted by Crippen LogP contribution is 2.40. The van der Waals surface area contributed by atoms with Crippen molar-refractivity contribution >= 4 is 28.7 Å². The SMILES string of the molecule is CC(=O)[C@@H](O)[C@@H]1O[C@H](n2cnc3c(=O)[nH]c(N)nc32)[C@@H](O)[C@]1(O)C(C)=O. The van der Waals surface area contributed by atoms with Gasteiger partial charge in [0.25, 0.3) is 5.56 Å². The lowest BCUT2D eigenvalue weighted by Gasteiger charge is -2.29. The second-order valence-electron chi connectivity index (χ2n) is 6.10. The van der Waals surface area contributed by atoms with Crippen molar-refractivity contribution < 1.29 is 29.6 Å². The van der Waals surface area contributed by atoms with Crippen LogP contribution >= 0.6 is 0 Å². The van der Waals surface area contributed by atoms with Gasteiger partial charge in [0.1, 0.15) is 18.3 Å². The monoisotopic (exact) mass is 367 g/mol. The van der Waals surface area contributed by atoms with E-state index in [2.05, 4.69) is 15.0 Å². The molecule has 0 aliphatic carbocycles. The van der Waals surface area contributed by atoms with Crippen LogP contribution in [0.1, 0.15) is 20.1 Å². The van der Waals surface area contributed by atoms with E-state index in [0.717, 1.165) is 24.7 Å². The van der Waals surface area contributed by atoms with Crippen LogP contribution in [0.5, 0.6) is 0 Å². The summed E-state index contributed by atoms with van der Waals surface area (Å²) in [5.74, 6) is -1.90. The smallest absolute Gasteiger partial charge is 0.280 e. The summed E-state index contributed by atoms with van der Waals surface area (Å²) in [5.41, 5.74) is 2.12. The molecular formula is C14H17N5O7. The molecule has 12 nitrogen and oxygen atoms in total. The number of carbonyl (C=O) groups excluding carboxylic acids is 2. The zero-order valence-electron chi connectivity index (χ0n) is 13.8. The molecule has 0 unspecified atom stereocenters. The fourth-order valence-corrected chi connectivity index (χ4v) is 3.00. The molecule has 1 aliphatic rings. The topological polar surface area (TPSA) is 194 Å². The van der Waals surface area contributed by atoms with Crippen LogP contribution in [0.2, 0.25) is 0 Å². The predicted molar refractivity (Wildman–Crippen MR) is 84.8 cm³/mol. The van der Waals surface area contributed by atoms with Crippen LogP contribution in [0.4, 0.5) is 5.95 Å². The molecule has 0 bridgehead atoms. The van der Waals surface area contributed by atoms with Gasteiger partial charge in [0.2, 0.25) is 5.95 Å². The van der Waals surface area contributed by atoms with Gasteiger partial charge in [0, 0.05) is 0 Å². The first-order valence-electron chi connectivity index (χ1n) is 7.56. The molecule has 0 radical (unpaired) electrons. The number of aliphatic hydroxyl groups excluding tert-OH is 2. The Bertz CT molecular complexity index is 953. The van der Waals surface area contributed by atoms with Gasteiger partial charge in [0.05, 0.1) is 6.33 Å². The van der Waals surface area contributed by atoms with Crippen LogP contribution in [-0.2, 0) is 14.3 Å². The number of aromatic amines is 1. The molecule has 0 spiro atoms. The molecule has 1 saturated heterocycles. The van der Waals surface area contributed by atoms with Crippen LogP contribution in [0.25, 0.3) is 11.2 Å². The number of rotatable bonds is 4. The van der Waals surface area contributed by atoms with Crippen LogP contribution in [0.15, 0.2) is 11.1 Å². The van der Waals surface area contributed by atoms with Gasteiger partial charge < -0.3 is 25.8 Å². The number of aliphatic hydroxyl groups is 3. The van der Waals surface area contributed by atoms with Crippen molar-refractivity contribution in [2.75, 3.05) is 5.73 Å². The zero-order chi connectivity index (χ0) is 19.4. The average molecular weight is 367 g/mol. The molecule has 5 atom stereocenters. The van der Waals surface area contributed by atoms with Gasteiger partial charge in [-0.3, -0.25) is 23.9 Å². The summed E-state index contributed by atoms with van der Waals surface area (Å²) >= 11 is 0. The summed E-state index contributed by atoms with van der Waals surface area (Å²) in [6, 6.07) is 0. The first-order valence-corrected chi connectivity index (χ1v) is 7.56. The third-order valence-corrected chi connectivity index (χ3v) is 4.43. The summed E-state index contributed by atoms with van der Waals surface area (Å²) in [6.07, 6.45) is -5.82. The number of aromatic nitrogens is 4.